The van der Waals surface area contributed by atoms with E-state index in [1.165, 1.54) is 5.56 Å². The number of ether oxygens (including phenoxy) is 2. The molecule has 0 bridgehead atoms. The van der Waals surface area contributed by atoms with Crippen LogP contribution in [-0.2, 0) is 61.5 Å². The van der Waals surface area contributed by atoms with Gasteiger partial charge in [0.1, 0.15) is 18.3 Å². The van der Waals surface area contributed by atoms with E-state index in [0.717, 1.165) is 55.1 Å². The number of carbonyl (C=O) groups is 5. The number of hydrogen-bond donors (Lipinski definition) is 4. The van der Waals surface area contributed by atoms with Gasteiger partial charge in [0.05, 0.1) is 19.8 Å². The Balaban J connectivity index is 0.000000424. The highest BCUT2D eigenvalue weighted by atomic mass is 19.4. The summed E-state index contributed by atoms with van der Waals surface area (Å²) in [5, 5.41) is 16.6. The number of rotatable bonds is 7. The van der Waals surface area contributed by atoms with Crippen LogP contribution in [0.3, 0.4) is 0 Å². The molecule has 2 fully saturated rings. The summed E-state index contributed by atoms with van der Waals surface area (Å²) in [6.45, 7) is 5.86. The fourth-order valence-electron chi connectivity index (χ4n) is 5.24. The summed E-state index contributed by atoms with van der Waals surface area (Å²) in [6.07, 6.45) is -9.00. The fourth-order valence-corrected chi connectivity index (χ4v) is 5.24. The molecule has 1 atom stereocenters. The number of halogens is 6. The van der Waals surface area contributed by atoms with E-state index < -0.39 is 36.1 Å². The second-order valence-electron chi connectivity index (χ2n) is 11.5. The van der Waals surface area contributed by atoms with Crippen molar-refractivity contribution in [1.29, 1.82) is 0 Å². The van der Waals surface area contributed by atoms with Crippen LogP contribution in [0.4, 0.5) is 26.3 Å². The van der Waals surface area contributed by atoms with Crippen LogP contribution in [0, 0.1) is 5.92 Å². The predicted molar refractivity (Wildman–Crippen MR) is 163 cm³/mol. The molecule has 0 aliphatic carbocycles. The maximum Gasteiger partial charge on any atom is 0.490 e. The minimum Gasteiger partial charge on any atom is -0.488 e. The zero-order valence-corrected chi connectivity index (χ0v) is 27.0. The Morgan fingerprint density at radius 3 is 2.02 bits per heavy atom. The van der Waals surface area contributed by atoms with E-state index in [-0.39, 0.29) is 18.2 Å². The molecule has 19 heteroatoms. The number of nitrogens with two attached hydrogens (primary N) is 1. The second-order valence-corrected chi connectivity index (χ2v) is 11.5. The van der Waals surface area contributed by atoms with Crippen molar-refractivity contribution in [1.82, 2.24) is 15.1 Å². The Hall–Kier alpha value is -4.75. The minimum absolute atomic E-state index is 0.250. The maximum absolute atomic E-state index is 13.2. The van der Waals surface area contributed by atoms with Gasteiger partial charge in [0.2, 0.25) is 17.7 Å². The van der Waals surface area contributed by atoms with Gasteiger partial charge in [0.15, 0.2) is 0 Å². The minimum atomic E-state index is -5.08. The van der Waals surface area contributed by atoms with E-state index in [1.807, 2.05) is 12.1 Å². The van der Waals surface area contributed by atoms with E-state index in [9.17, 15) is 40.7 Å². The molecule has 3 aliphatic heterocycles. The SMILES string of the molecule is NCc1ccc2c(c1OCc1ccc(CN3CCOCC3)cc1)CN(C(=O)[C@H]1CCCC(=O)NC1=O)C2.O=C(O)C(F)(F)F.O=C(O)C(F)(F)F. The molecule has 0 radical (unpaired) electrons. The monoisotopic (exact) mass is 734 g/mol. The van der Waals surface area contributed by atoms with Crippen molar-refractivity contribution in [2.24, 2.45) is 11.7 Å². The van der Waals surface area contributed by atoms with Crippen LogP contribution in [0.2, 0.25) is 0 Å². The summed E-state index contributed by atoms with van der Waals surface area (Å²) in [4.78, 5) is 59.2. The van der Waals surface area contributed by atoms with Crippen molar-refractivity contribution in [3.63, 3.8) is 0 Å². The third-order valence-electron chi connectivity index (χ3n) is 7.86. The zero-order valence-electron chi connectivity index (χ0n) is 27.0. The molecular formula is C32H36F6N4O9. The topological polar surface area (TPSA) is 189 Å². The van der Waals surface area contributed by atoms with E-state index >= 15 is 0 Å². The van der Waals surface area contributed by atoms with Gasteiger partial charge in [-0.2, -0.15) is 26.3 Å². The number of imide groups is 1. The van der Waals surface area contributed by atoms with Crippen LogP contribution in [-0.4, -0.2) is 88.3 Å². The zero-order chi connectivity index (χ0) is 37.9. The van der Waals surface area contributed by atoms with Crippen LogP contribution in [0.15, 0.2) is 36.4 Å². The number of carbonyl (C=O) groups excluding carboxylic acids is 3. The van der Waals surface area contributed by atoms with Gasteiger partial charge in [0.25, 0.3) is 0 Å². The number of amides is 3. The summed E-state index contributed by atoms with van der Waals surface area (Å²) in [5.41, 5.74) is 11.1. The highest BCUT2D eigenvalue weighted by Gasteiger charge is 2.39. The van der Waals surface area contributed by atoms with E-state index in [4.69, 9.17) is 35.0 Å². The Morgan fingerprint density at radius 2 is 1.47 bits per heavy atom. The molecule has 5 rings (SSSR count). The van der Waals surface area contributed by atoms with E-state index in [1.54, 1.807) is 4.90 Å². The second kappa shape index (κ2) is 18.0. The molecule has 0 spiro atoms. The Kier molecular flexibility index (Phi) is 14.3. The lowest BCUT2D eigenvalue weighted by atomic mass is 10.0. The summed E-state index contributed by atoms with van der Waals surface area (Å²) in [6, 6.07) is 12.4. The molecule has 2 saturated heterocycles. The molecule has 3 heterocycles. The van der Waals surface area contributed by atoms with Crippen LogP contribution in [0.25, 0.3) is 0 Å². The summed E-state index contributed by atoms with van der Waals surface area (Å²) >= 11 is 0. The quantitative estimate of drug-likeness (QED) is 0.186. The highest BCUT2D eigenvalue weighted by Crippen LogP contribution is 2.36. The molecule has 3 amide bonds. The molecule has 2 aromatic carbocycles. The number of hydrogen-bond acceptors (Lipinski definition) is 9. The fraction of sp³-hybridized carbons (Fsp3) is 0.469. The lowest BCUT2D eigenvalue weighted by Gasteiger charge is -2.26. The number of carboxylic acids is 2. The van der Waals surface area contributed by atoms with Crippen LogP contribution in [0.1, 0.15) is 47.1 Å². The van der Waals surface area contributed by atoms with Gasteiger partial charge in [-0.25, -0.2) is 9.59 Å². The van der Waals surface area contributed by atoms with Gasteiger partial charge in [-0.1, -0.05) is 36.4 Å². The Morgan fingerprint density at radius 1 is 0.902 bits per heavy atom. The van der Waals surface area contributed by atoms with Crippen molar-refractivity contribution >= 4 is 29.7 Å². The number of fused-ring (bicyclic) bond motifs is 1. The molecular weight excluding hydrogens is 698 g/mol. The van der Waals surface area contributed by atoms with Crippen LogP contribution < -0.4 is 15.8 Å². The first-order valence-electron chi connectivity index (χ1n) is 15.5. The molecule has 3 aliphatic rings. The number of alkyl halides is 6. The molecule has 13 nitrogen and oxygen atoms in total. The van der Waals surface area contributed by atoms with Crippen LogP contribution in [0.5, 0.6) is 5.75 Å². The van der Waals surface area contributed by atoms with Gasteiger partial charge < -0.3 is 30.3 Å². The number of nitrogens with one attached hydrogen (secondary N) is 1. The molecule has 5 N–H and O–H groups in total. The van der Waals surface area contributed by atoms with Gasteiger partial charge in [-0.3, -0.25) is 24.6 Å². The van der Waals surface area contributed by atoms with Crippen molar-refractivity contribution in [3.05, 3.63) is 64.2 Å². The number of morpholine rings is 1. The number of benzene rings is 2. The molecule has 2 aromatic rings. The molecule has 280 valence electrons. The molecule has 0 aromatic heterocycles. The third-order valence-corrected chi connectivity index (χ3v) is 7.86. The Bertz CT molecular complexity index is 1540. The lowest BCUT2D eigenvalue weighted by Crippen LogP contribution is -2.42. The first-order valence-corrected chi connectivity index (χ1v) is 15.5. The molecule has 0 unspecified atom stereocenters. The summed E-state index contributed by atoms with van der Waals surface area (Å²) in [7, 11) is 0. The number of carboxylic acid groups (broad SMARTS) is 2. The van der Waals surface area contributed by atoms with Crippen molar-refractivity contribution in [2.75, 3.05) is 26.3 Å². The van der Waals surface area contributed by atoms with Gasteiger partial charge in [-0.15, -0.1) is 0 Å². The van der Waals surface area contributed by atoms with Crippen molar-refractivity contribution in [2.45, 2.75) is 64.4 Å². The highest BCUT2D eigenvalue weighted by molar-refractivity contribution is 6.07. The molecule has 51 heavy (non-hydrogen) atoms. The van der Waals surface area contributed by atoms with Crippen LogP contribution >= 0.6 is 0 Å². The Labute approximate surface area is 287 Å². The van der Waals surface area contributed by atoms with Gasteiger partial charge in [0, 0.05) is 50.3 Å². The first-order chi connectivity index (χ1) is 23.9. The van der Waals surface area contributed by atoms with Crippen molar-refractivity contribution in [3.8, 4) is 5.75 Å². The average molecular weight is 735 g/mol. The van der Waals surface area contributed by atoms with E-state index in [2.05, 4.69) is 34.5 Å². The standard InChI is InChI=1S/C28H34N4O5.2C2HF3O2/c29-14-21-8-9-22-16-32(28(35)23-2-1-3-25(33)30-27(23)34)17-24(22)26(21)37-18-20-6-4-19(5-7-20)15-31-10-12-36-13-11-31;2*3-2(4,5)1(6)7/h4-9,23H,1-3,10-18,29H2,(H,30,33,34);2*(H,6,7)/t23-;;/m0../s1. The lowest BCUT2D eigenvalue weighted by molar-refractivity contribution is -0.193. The van der Waals surface area contributed by atoms with Gasteiger partial charge >= 0.3 is 24.3 Å². The molecule has 0 saturated carbocycles. The maximum atomic E-state index is 13.2. The third kappa shape index (κ3) is 12.2. The summed E-state index contributed by atoms with van der Waals surface area (Å²) in [5.74, 6) is -6.70. The first kappa shape index (κ1) is 40.7. The van der Waals surface area contributed by atoms with Crippen molar-refractivity contribution < 1.29 is 70.0 Å². The number of nitrogens with zero attached hydrogens (tertiary/aromatic N) is 2. The van der Waals surface area contributed by atoms with Gasteiger partial charge in [-0.05, 0) is 29.5 Å². The summed E-state index contributed by atoms with van der Waals surface area (Å²) < 4.78 is 75.2. The largest absolute Gasteiger partial charge is 0.490 e. The normalized spacial score (nSPS) is 17.9. The smallest absolute Gasteiger partial charge is 0.488 e. The predicted octanol–water partition coefficient (Wildman–Crippen LogP) is 3.11. The van der Waals surface area contributed by atoms with E-state index in [0.29, 0.717) is 44.8 Å². The number of aliphatic carboxylic acids is 2. The average Bonchev–Trinajstić information content (AvgIpc) is 3.43.